The number of nitrogens with zero attached hydrogens (tertiary/aromatic N) is 3. The Labute approximate surface area is 107 Å². The van der Waals surface area contributed by atoms with E-state index < -0.39 is 11.8 Å². The highest BCUT2D eigenvalue weighted by Crippen LogP contribution is 2.09. The number of para-hydroxylation sites is 1. The molecule has 0 amide bonds. The zero-order valence-corrected chi connectivity index (χ0v) is 10.3. The SMILES string of the molecule is COc1nn(C(=O)Oc2ccccc2)c(=O)n1OC. The Morgan fingerprint density at radius 1 is 1.21 bits per heavy atom. The monoisotopic (exact) mass is 265 g/mol. The van der Waals surface area contributed by atoms with Gasteiger partial charge < -0.3 is 14.3 Å². The van der Waals surface area contributed by atoms with Crippen molar-refractivity contribution < 1.29 is 19.1 Å². The second-order valence-electron chi connectivity index (χ2n) is 3.34. The van der Waals surface area contributed by atoms with Gasteiger partial charge in [0.25, 0.3) is 0 Å². The van der Waals surface area contributed by atoms with Gasteiger partial charge in [-0.25, -0.2) is 9.59 Å². The lowest BCUT2D eigenvalue weighted by molar-refractivity contribution is 0.127. The lowest BCUT2D eigenvalue weighted by Gasteiger charge is -2.01. The van der Waals surface area contributed by atoms with Gasteiger partial charge >= 0.3 is 17.8 Å². The van der Waals surface area contributed by atoms with Gasteiger partial charge in [0.1, 0.15) is 12.9 Å². The minimum atomic E-state index is -0.953. The summed E-state index contributed by atoms with van der Waals surface area (Å²) in [6.45, 7) is 0. The molecule has 0 aliphatic rings. The normalized spacial score (nSPS) is 10.0. The minimum absolute atomic E-state index is 0.155. The average molecular weight is 265 g/mol. The summed E-state index contributed by atoms with van der Waals surface area (Å²) in [6, 6.07) is 8.16. The van der Waals surface area contributed by atoms with Gasteiger partial charge in [0.2, 0.25) is 0 Å². The Morgan fingerprint density at radius 3 is 2.42 bits per heavy atom. The lowest BCUT2D eigenvalue weighted by atomic mass is 10.3. The molecule has 0 atom stereocenters. The maximum absolute atomic E-state index is 11.8. The summed E-state index contributed by atoms with van der Waals surface area (Å²) >= 11 is 0. The summed E-state index contributed by atoms with van der Waals surface area (Å²) in [5.41, 5.74) is -0.819. The van der Waals surface area contributed by atoms with Crippen LogP contribution in [-0.2, 0) is 0 Å². The van der Waals surface area contributed by atoms with E-state index in [4.69, 9.17) is 14.3 Å². The van der Waals surface area contributed by atoms with Crippen molar-refractivity contribution in [3.63, 3.8) is 0 Å². The molecule has 0 radical (unpaired) electrons. The van der Waals surface area contributed by atoms with Crippen molar-refractivity contribution in [2.75, 3.05) is 14.2 Å². The average Bonchev–Trinajstić information content (AvgIpc) is 2.76. The van der Waals surface area contributed by atoms with Crippen molar-refractivity contribution in [1.29, 1.82) is 0 Å². The fourth-order valence-electron chi connectivity index (χ4n) is 1.37. The largest absolute Gasteiger partial charge is 0.465 e. The zero-order valence-electron chi connectivity index (χ0n) is 10.3. The summed E-state index contributed by atoms with van der Waals surface area (Å²) in [6.07, 6.45) is -0.953. The molecule has 8 nitrogen and oxygen atoms in total. The third-order valence-electron chi connectivity index (χ3n) is 2.20. The van der Waals surface area contributed by atoms with Crippen molar-refractivity contribution in [2.24, 2.45) is 0 Å². The van der Waals surface area contributed by atoms with Crippen molar-refractivity contribution in [1.82, 2.24) is 14.5 Å². The van der Waals surface area contributed by atoms with Crippen LogP contribution < -0.4 is 20.0 Å². The third-order valence-corrected chi connectivity index (χ3v) is 2.20. The number of rotatable bonds is 3. The number of benzene rings is 1. The van der Waals surface area contributed by atoms with E-state index in [1.54, 1.807) is 30.3 Å². The van der Waals surface area contributed by atoms with Gasteiger partial charge in [0.15, 0.2) is 0 Å². The molecule has 100 valence electrons. The van der Waals surface area contributed by atoms with Crippen molar-refractivity contribution in [3.05, 3.63) is 40.8 Å². The van der Waals surface area contributed by atoms with Gasteiger partial charge in [0.05, 0.1) is 7.11 Å². The smallest absolute Gasteiger partial charge is 0.445 e. The first kappa shape index (κ1) is 12.7. The van der Waals surface area contributed by atoms with Gasteiger partial charge in [0, 0.05) is 0 Å². The first-order valence-corrected chi connectivity index (χ1v) is 5.25. The number of ether oxygens (including phenoxy) is 2. The number of carbonyl (C=O) groups excluding carboxylic acids is 1. The Kier molecular flexibility index (Phi) is 3.51. The molecule has 0 N–H and O–H groups in total. The van der Waals surface area contributed by atoms with E-state index in [1.165, 1.54) is 14.2 Å². The van der Waals surface area contributed by atoms with Crippen LogP contribution in [0.1, 0.15) is 0 Å². The molecule has 2 aromatic rings. The summed E-state index contributed by atoms with van der Waals surface area (Å²) in [5, 5.41) is 3.64. The van der Waals surface area contributed by atoms with Crippen LogP contribution in [0.15, 0.2) is 35.1 Å². The molecular formula is C11H11N3O5. The lowest BCUT2D eigenvalue weighted by Crippen LogP contribution is -2.33. The topological polar surface area (TPSA) is 84.6 Å². The minimum Gasteiger partial charge on any atom is -0.465 e. The summed E-state index contributed by atoms with van der Waals surface area (Å²) in [5.74, 6) is 0.297. The first-order valence-electron chi connectivity index (χ1n) is 5.25. The van der Waals surface area contributed by atoms with E-state index in [0.717, 1.165) is 4.73 Å². The van der Waals surface area contributed by atoms with E-state index in [9.17, 15) is 9.59 Å². The van der Waals surface area contributed by atoms with Crippen LogP contribution in [0, 0.1) is 0 Å². The van der Waals surface area contributed by atoms with Crippen LogP contribution in [-0.4, -0.2) is 34.8 Å². The molecule has 0 bridgehead atoms. The molecule has 1 aromatic carbocycles. The number of hydrogen-bond acceptors (Lipinski definition) is 6. The highest BCUT2D eigenvalue weighted by atomic mass is 16.7. The van der Waals surface area contributed by atoms with Crippen LogP contribution in [0.3, 0.4) is 0 Å². The highest BCUT2D eigenvalue weighted by molar-refractivity contribution is 5.71. The van der Waals surface area contributed by atoms with Crippen LogP contribution in [0.25, 0.3) is 0 Å². The molecule has 0 aliphatic heterocycles. The summed E-state index contributed by atoms with van der Waals surface area (Å²) in [7, 11) is 2.54. The van der Waals surface area contributed by atoms with E-state index in [1.807, 2.05) is 0 Å². The molecule has 1 aromatic heterocycles. The van der Waals surface area contributed by atoms with E-state index in [2.05, 4.69) is 5.10 Å². The standard InChI is InChI=1S/C11H11N3O5/c1-17-9-12-13(10(15)14(9)18-2)11(16)19-8-6-4-3-5-7-8/h3-7H,1-2H3. The second-order valence-corrected chi connectivity index (χ2v) is 3.34. The van der Waals surface area contributed by atoms with Crippen molar-refractivity contribution >= 4 is 6.09 Å². The van der Waals surface area contributed by atoms with Crippen LogP contribution in [0.5, 0.6) is 11.8 Å². The molecule has 19 heavy (non-hydrogen) atoms. The third kappa shape index (κ3) is 2.41. The number of hydrogen-bond donors (Lipinski definition) is 0. The molecule has 1 heterocycles. The van der Waals surface area contributed by atoms with E-state index in [0.29, 0.717) is 10.4 Å². The highest BCUT2D eigenvalue weighted by Gasteiger charge is 2.21. The predicted molar refractivity (Wildman–Crippen MR) is 63.4 cm³/mol. The van der Waals surface area contributed by atoms with E-state index in [-0.39, 0.29) is 6.01 Å². The number of aromatic nitrogens is 3. The van der Waals surface area contributed by atoms with Gasteiger partial charge in [-0.3, -0.25) is 0 Å². The van der Waals surface area contributed by atoms with Crippen molar-refractivity contribution in [2.45, 2.75) is 0 Å². The second kappa shape index (κ2) is 5.25. The molecule has 0 spiro atoms. The quantitative estimate of drug-likeness (QED) is 0.785. The molecule has 0 fully saturated rings. The van der Waals surface area contributed by atoms with Crippen LogP contribution >= 0.6 is 0 Å². The molecular weight excluding hydrogens is 254 g/mol. The molecule has 8 heteroatoms. The maximum Gasteiger partial charge on any atom is 0.445 e. The van der Waals surface area contributed by atoms with E-state index >= 15 is 0 Å². The summed E-state index contributed by atoms with van der Waals surface area (Å²) < 4.78 is 11.0. The molecule has 0 unspecified atom stereocenters. The fraction of sp³-hybridized carbons (Fsp3) is 0.182. The van der Waals surface area contributed by atoms with Gasteiger partial charge in [-0.2, -0.15) is 0 Å². The number of carbonyl (C=O) groups is 1. The Bertz CT molecular complexity index is 632. The number of methoxy groups -OCH3 is 1. The Hall–Kier alpha value is -2.77. The van der Waals surface area contributed by atoms with Gasteiger partial charge in [-0.05, 0) is 12.1 Å². The van der Waals surface area contributed by atoms with Gasteiger partial charge in [-0.1, -0.05) is 28.0 Å². The molecule has 2 rings (SSSR count). The van der Waals surface area contributed by atoms with Crippen LogP contribution in [0.2, 0.25) is 0 Å². The molecule has 0 saturated heterocycles. The first-order chi connectivity index (χ1) is 9.17. The van der Waals surface area contributed by atoms with Crippen LogP contribution in [0.4, 0.5) is 4.79 Å². The van der Waals surface area contributed by atoms with Crippen molar-refractivity contribution in [3.8, 4) is 11.8 Å². The zero-order chi connectivity index (χ0) is 13.8. The maximum atomic E-state index is 11.8. The molecule has 0 aliphatic carbocycles. The predicted octanol–water partition coefficient (Wildman–Crippen LogP) is 0.159. The van der Waals surface area contributed by atoms with Gasteiger partial charge in [-0.15, -0.1) is 4.68 Å². The Balaban J connectivity index is 2.30. The summed E-state index contributed by atoms with van der Waals surface area (Å²) in [4.78, 5) is 28.3. The fourth-order valence-corrected chi connectivity index (χ4v) is 1.37. The Morgan fingerprint density at radius 2 is 1.89 bits per heavy atom. The molecule has 0 saturated carbocycles.